The van der Waals surface area contributed by atoms with Gasteiger partial charge in [0.2, 0.25) is 0 Å². The quantitative estimate of drug-likeness (QED) is 0.199. The summed E-state index contributed by atoms with van der Waals surface area (Å²) >= 11 is 0. The van der Waals surface area contributed by atoms with E-state index in [1.807, 2.05) is 31.2 Å². The molecule has 0 aliphatic rings. The van der Waals surface area contributed by atoms with Crippen molar-refractivity contribution >= 4 is 18.6 Å². The second-order valence-electron chi connectivity index (χ2n) is 6.58. The van der Waals surface area contributed by atoms with E-state index in [0.717, 1.165) is 5.56 Å². The number of aliphatic imine (C=N–C) groups is 1. The smallest absolute Gasteiger partial charge is 0.328 e. The summed E-state index contributed by atoms with van der Waals surface area (Å²) in [5.41, 5.74) is 0.543. The Morgan fingerprint density at radius 3 is 2.37 bits per heavy atom. The molecule has 0 fully saturated rings. The zero-order chi connectivity index (χ0) is 22.8. The van der Waals surface area contributed by atoms with Gasteiger partial charge in [0.1, 0.15) is 17.9 Å². The van der Waals surface area contributed by atoms with Gasteiger partial charge in [0, 0.05) is 11.5 Å². The molecule has 0 radical (unpaired) electrons. The van der Waals surface area contributed by atoms with Crippen LogP contribution >= 0.6 is 0 Å². The second kappa shape index (κ2) is 11.6. The van der Waals surface area contributed by atoms with Crippen LogP contribution in [0.25, 0.3) is 0 Å². The molecule has 3 atom stereocenters. The van der Waals surface area contributed by atoms with Crippen LogP contribution in [0.4, 0.5) is 0 Å². The molecule has 2 N–H and O–H groups in total. The number of carbonyl (C=O) groups excluding carboxylic acids is 2. The first-order chi connectivity index (χ1) is 14.2. The Labute approximate surface area is 177 Å². The number of nitrogens with zero attached hydrogens (tertiary/aromatic N) is 1. The van der Waals surface area contributed by atoms with Crippen molar-refractivity contribution in [1.82, 2.24) is 5.32 Å². The van der Waals surface area contributed by atoms with E-state index >= 15 is 0 Å². The Hall–Kier alpha value is -3.29. The van der Waals surface area contributed by atoms with Crippen LogP contribution in [0.5, 0.6) is 5.75 Å². The van der Waals surface area contributed by atoms with Gasteiger partial charge in [-0.05, 0) is 39.6 Å². The first kappa shape index (κ1) is 24.7. The fourth-order valence-corrected chi connectivity index (χ4v) is 2.73. The van der Waals surface area contributed by atoms with Crippen LogP contribution in [-0.4, -0.2) is 50.1 Å². The zero-order valence-electron chi connectivity index (χ0n) is 18.3. The van der Waals surface area contributed by atoms with Crippen LogP contribution in [0.3, 0.4) is 0 Å². The third kappa shape index (κ3) is 6.10. The molecule has 1 amide bonds. The van der Waals surface area contributed by atoms with Crippen molar-refractivity contribution < 1.29 is 28.9 Å². The minimum Gasteiger partial charge on any atom is -0.503 e. The highest BCUT2D eigenvalue weighted by atomic mass is 16.5. The van der Waals surface area contributed by atoms with Gasteiger partial charge in [0.15, 0.2) is 17.2 Å². The number of aliphatic hydroxyl groups excluding tert-OH is 1. The Kier molecular flexibility index (Phi) is 9.61. The van der Waals surface area contributed by atoms with Crippen LogP contribution in [0.1, 0.15) is 39.2 Å². The fraction of sp³-hybridized carbons (Fsp3) is 0.409. The van der Waals surface area contributed by atoms with Crippen LogP contribution < -0.4 is 10.1 Å². The molecule has 1 rings (SSSR count). The predicted octanol–water partition coefficient (Wildman–Crippen LogP) is 3.26. The minimum atomic E-state index is -0.981. The lowest BCUT2D eigenvalue weighted by Crippen LogP contribution is -2.41. The van der Waals surface area contributed by atoms with Gasteiger partial charge in [-0.2, -0.15) is 0 Å². The molecular formula is C22H30N2O6. The molecule has 0 spiro atoms. The summed E-state index contributed by atoms with van der Waals surface area (Å²) in [5.74, 6) is -1.27. The molecule has 1 aromatic rings. The fourth-order valence-electron chi connectivity index (χ4n) is 2.73. The molecule has 0 heterocycles. The van der Waals surface area contributed by atoms with E-state index in [4.69, 9.17) is 14.2 Å². The molecule has 0 aromatic heterocycles. The highest BCUT2D eigenvalue weighted by Crippen LogP contribution is 2.29. The molecule has 30 heavy (non-hydrogen) atoms. The topological polar surface area (TPSA) is 106 Å². The number of allylic oxidation sites excluding steroid dienone is 1. The SMILES string of the molecule is C=N/C(C(=O)N[C@@H](C)C(=O)O[C@@H](C)[C@@H](C)c1ccccc1OC)=C(O)\C(=C/C)OC. The van der Waals surface area contributed by atoms with Gasteiger partial charge in [-0.15, -0.1) is 0 Å². The first-order valence-corrected chi connectivity index (χ1v) is 9.46. The molecule has 1 aromatic carbocycles. The van der Waals surface area contributed by atoms with Gasteiger partial charge >= 0.3 is 5.97 Å². The predicted molar refractivity (Wildman–Crippen MR) is 115 cm³/mol. The largest absolute Gasteiger partial charge is 0.503 e. The number of rotatable bonds is 10. The van der Waals surface area contributed by atoms with Crippen molar-refractivity contribution in [2.45, 2.75) is 45.8 Å². The number of esters is 1. The third-order valence-electron chi connectivity index (χ3n) is 4.65. The summed E-state index contributed by atoms with van der Waals surface area (Å²) in [6, 6.07) is 6.51. The number of para-hydroxylation sites is 1. The lowest BCUT2D eigenvalue weighted by atomic mass is 9.95. The van der Waals surface area contributed by atoms with Crippen LogP contribution in [0.2, 0.25) is 0 Å². The molecule has 0 bridgehead atoms. The summed E-state index contributed by atoms with van der Waals surface area (Å²) in [4.78, 5) is 28.4. The summed E-state index contributed by atoms with van der Waals surface area (Å²) < 4.78 is 15.9. The molecule has 8 heteroatoms. The number of nitrogens with one attached hydrogen (secondary N) is 1. The van der Waals surface area contributed by atoms with Crippen molar-refractivity contribution in [3.8, 4) is 5.75 Å². The van der Waals surface area contributed by atoms with Crippen molar-refractivity contribution in [2.24, 2.45) is 4.99 Å². The average molecular weight is 418 g/mol. The Morgan fingerprint density at radius 2 is 1.83 bits per heavy atom. The van der Waals surface area contributed by atoms with E-state index in [2.05, 4.69) is 17.0 Å². The van der Waals surface area contributed by atoms with E-state index in [1.165, 1.54) is 20.1 Å². The number of carbonyl (C=O) groups is 2. The Bertz CT molecular complexity index is 831. The molecule has 0 aliphatic carbocycles. The summed E-state index contributed by atoms with van der Waals surface area (Å²) in [6.07, 6.45) is 0.990. The molecule has 0 aliphatic heterocycles. The maximum atomic E-state index is 12.5. The van der Waals surface area contributed by atoms with Gasteiger partial charge in [-0.25, -0.2) is 4.79 Å². The Morgan fingerprint density at radius 1 is 1.20 bits per heavy atom. The number of benzene rings is 1. The number of hydrogen-bond acceptors (Lipinski definition) is 7. The molecule has 0 saturated carbocycles. The van der Waals surface area contributed by atoms with Gasteiger partial charge < -0.3 is 24.6 Å². The maximum Gasteiger partial charge on any atom is 0.328 e. The van der Waals surface area contributed by atoms with Crippen molar-refractivity contribution in [2.75, 3.05) is 14.2 Å². The minimum absolute atomic E-state index is 0.0574. The van der Waals surface area contributed by atoms with Gasteiger partial charge in [-0.3, -0.25) is 9.79 Å². The Balaban J connectivity index is 2.86. The molecule has 0 saturated heterocycles. The number of methoxy groups -OCH3 is 2. The summed E-state index contributed by atoms with van der Waals surface area (Å²) in [6.45, 7) is 10.1. The lowest BCUT2D eigenvalue weighted by molar-refractivity contribution is -0.152. The summed E-state index contributed by atoms with van der Waals surface area (Å²) in [7, 11) is 2.92. The zero-order valence-corrected chi connectivity index (χ0v) is 18.3. The van der Waals surface area contributed by atoms with Gasteiger partial charge in [0.05, 0.1) is 14.2 Å². The standard InChI is InChI=1S/C22H30N2O6/c1-8-17(28-6)20(25)19(23-5)21(26)24-14(3)22(27)30-15(4)13(2)16-11-9-10-12-18(16)29-7/h8-15,25H,5H2,1-4,6-7H3,(H,24,26)/b17-8+,20-19+/t13-,14+,15+/m1/s1. The normalized spacial score (nSPS) is 15.2. The van der Waals surface area contributed by atoms with Gasteiger partial charge in [-0.1, -0.05) is 25.1 Å². The number of ether oxygens (including phenoxy) is 3. The molecular weight excluding hydrogens is 388 g/mol. The molecule has 0 unspecified atom stereocenters. The number of aliphatic hydroxyl groups is 1. The van der Waals surface area contributed by atoms with Crippen molar-refractivity contribution in [1.29, 1.82) is 0 Å². The van der Waals surface area contributed by atoms with Gasteiger partial charge in [0.25, 0.3) is 5.91 Å². The third-order valence-corrected chi connectivity index (χ3v) is 4.65. The van der Waals surface area contributed by atoms with Crippen molar-refractivity contribution in [3.63, 3.8) is 0 Å². The van der Waals surface area contributed by atoms with E-state index in [0.29, 0.717) is 5.75 Å². The van der Waals surface area contributed by atoms with E-state index in [-0.39, 0.29) is 17.4 Å². The van der Waals surface area contributed by atoms with Crippen LogP contribution in [-0.2, 0) is 19.1 Å². The average Bonchev–Trinajstić information content (AvgIpc) is 2.74. The first-order valence-electron chi connectivity index (χ1n) is 9.46. The highest BCUT2D eigenvalue weighted by molar-refractivity contribution is 5.97. The maximum absolute atomic E-state index is 12.5. The molecule has 8 nitrogen and oxygen atoms in total. The van der Waals surface area contributed by atoms with E-state index < -0.39 is 29.8 Å². The number of amides is 1. The highest BCUT2D eigenvalue weighted by Gasteiger charge is 2.26. The monoisotopic (exact) mass is 418 g/mol. The summed E-state index contributed by atoms with van der Waals surface area (Å²) in [5, 5.41) is 12.6. The van der Waals surface area contributed by atoms with Crippen LogP contribution in [0, 0.1) is 0 Å². The van der Waals surface area contributed by atoms with E-state index in [9.17, 15) is 14.7 Å². The lowest BCUT2D eigenvalue weighted by Gasteiger charge is -2.24. The number of hydrogen-bond donors (Lipinski definition) is 2. The van der Waals surface area contributed by atoms with Crippen molar-refractivity contribution in [3.05, 3.63) is 53.1 Å². The molecule has 164 valence electrons. The second-order valence-corrected chi connectivity index (χ2v) is 6.58. The van der Waals surface area contributed by atoms with E-state index in [1.54, 1.807) is 21.0 Å². The van der Waals surface area contributed by atoms with Crippen LogP contribution in [0.15, 0.2) is 52.5 Å².